The van der Waals surface area contributed by atoms with Gasteiger partial charge in [-0.25, -0.2) is 13.4 Å². The number of hydrogen-bond donors (Lipinski definition) is 2. The zero-order chi connectivity index (χ0) is 24.5. The minimum atomic E-state index is -3.92. The minimum absolute atomic E-state index is 0.139. The average molecular weight is 473 g/mol. The summed E-state index contributed by atoms with van der Waals surface area (Å²) in [6.45, 7) is 6.77. The fourth-order valence-electron chi connectivity index (χ4n) is 4.15. The van der Waals surface area contributed by atoms with Crippen LogP contribution in [0, 0.1) is 0 Å². The highest BCUT2D eigenvalue weighted by Crippen LogP contribution is 2.38. The predicted molar refractivity (Wildman–Crippen MR) is 138 cm³/mol. The van der Waals surface area contributed by atoms with Gasteiger partial charge in [-0.1, -0.05) is 75.4 Å². The Morgan fingerprint density at radius 2 is 1.53 bits per heavy atom. The van der Waals surface area contributed by atoms with Gasteiger partial charge >= 0.3 is 0 Å². The van der Waals surface area contributed by atoms with Crippen LogP contribution in [0.5, 0.6) is 0 Å². The maximum atomic E-state index is 9.08. The van der Waals surface area contributed by atoms with Crippen molar-refractivity contribution in [3.63, 3.8) is 0 Å². The molecule has 0 saturated carbocycles. The Balaban J connectivity index is 0.000000499. The van der Waals surface area contributed by atoms with Crippen LogP contribution in [0.2, 0.25) is 0 Å². The Morgan fingerprint density at radius 1 is 0.912 bits per heavy atom. The van der Waals surface area contributed by atoms with E-state index >= 15 is 0 Å². The van der Waals surface area contributed by atoms with E-state index in [-0.39, 0.29) is 5.41 Å². The van der Waals surface area contributed by atoms with E-state index < -0.39 is 10.1 Å². The summed E-state index contributed by atoms with van der Waals surface area (Å²) in [5, 5.41) is 1.24. The average Bonchev–Trinajstić information content (AvgIpc) is 3.38. The molecule has 34 heavy (non-hydrogen) atoms. The Labute approximate surface area is 200 Å². The quantitative estimate of drug-likeness (QED) is 0.425. The van der Waals surface area contributed by atoms with Gasteiger partial charge in [0.15, 0.2) is 6.21 Å². The van der Waals surface area contributed by atoms with Crippen molar-refractivity contribution < 1.29 is 18.0 Å². The zero-order valence-corrected chi connectivity index (χ0v) is 20.5. The Morgan fingerprint density at radius 3 is 2.21 bits per heavy atom. The van der Waals surface area contributed by atoms with Gasteiger partial charge in [-0.2, -0.15) is 0 Å². The van der Waals surface area contributed by atoms with Gasteiger partial charge in [0.1, 0.15) is 0 Å². The van der Waals surface area contributed by atoms with Crippen LogP contribution in [-0.4, -0.2) is 30.4 Å². The first-order valence-corrected chi connectivity index (χ1v) is 12.9. The molecule has 2 heterocycles. The summed E-state index contributed by atoms with van der Waals surface area (Å²) in [4.78, 5) is 6.91. The van der Waals surface area contributed by atoms with E-state index in [1.54, 1.807) is 0 Å². The van der Waals surface area contributed by atoms with E-state index in [4.69, 9.17) is 13.0 Å². The lowest BCUT2D eigenvalue weighted by Crippen LogP contribution is -2.58. The molecule has 1 aliphatic rings. The Kier molecular flexibility index (Phi) is 6.30. The van der Waals surface area contributed by atoms with Crippen LogP contribution < -0.4 is 4.99 Å². The van der Waals surface area contributed by atoms with Crippen molar-refractivity contribution in [1.29, 1.82) is 0 Å². The second kappa shape index (κ2) is 9.05. The zero-order valence-electron chi connectivity index (χ0n) is 19.7. The minimum Gasteiger partial charge on any atom is -0.748 e. The monoisotopic (exact) mass is 472 g/mol. The number of nitrogens with one attached hydrogen (secondary N) is 2. The van der Waals surface area contributed by atoms with Crippen LogP contribution in [0.1, 0.15) is 43.0 Å². The van der Waals surface area contributed by atoms with Crippen LogP contribution in [-0.2, 0) is 15.5 Å². The van der Waals surface area contributed by atoms with Crippen LogP contribution >= 0.6 is 0 Å². The molecule has 2 N–H and O–H groups in total. The first-order chi connectivity index (χ1) is 16.0. The van der Waals surface area contributed by atoms with Gasteiger partial charge in [0.05, 0.1) is 21.3 Å². The molecule has 0 saturated heterocycles. The lowest BCUT2D eigenvalue weighted by atomic mass is 9.84. The lowest BCUT2D eigenvalue weighted by molar-refractivity contribution is -0.342. The second-order valence-electron chi connectivity index (χ2n) is 9.40. The third kappa shape index (κ3) is 5.19. The summed E-state index contributed by atoms with van der Waals surface area (Å²) >= 11 is 0. The number of aromatic amines is 1. The SMILES string of the molecule is CC(C)(C)c1ccc(C(=C2C=[NH+]c3ccccc32)c2c[nH]c3ccccc23)cc1.CS(=O)(=O)[O-]. The fraction of sp³-hybridized carbons (Fsp3) is 0.179. The van der Waals surface area contributed by atoms with E-state index in [0.29, 0.717) is 6.26 Å². The van der Waals surface area contributed by atoms with Gasteiger partial charge < -0.3 is 9.54 Å². The topological polar surface area (TPSA) is 87.0 Å². The second-order valence-corrected chi connectivity index (χ2v) is 10.8. The molecule has 0 radical (unpaired) electrons. The summed E-state index contributed by atoms with van der Waals surface area (Å²) in [5.41, 5.74) is 9.99. The van der Waals surface area contributed by atoms with Gasteiger partial charge in [0, 0.05) is 40.6 Å². The first kappa shape index (κ1) is 23.7. The first-order valence-electron chi connectivity index (χ1n) is 11.0. The number of aromatic nitrogens is 1. The van der Waals surface area contributed by atoms with E-state index in [1.807, 2.05) is 0 Å². The lowest BCUT2D eigenvalue weighted by Gasteiger charge is -2.20. The predicted octanol–water partition coefficient (Wildman–Crippen LogP) is 4.38. The molecule has 0 spiro atoms. The largest absolute Gasteiger partial charge is 0.748 e. The van der Waals surface area contributed by atoms with Crippen molar-refractivity contribution in [1.82, 2.24) is 4.98 Å². The number of rotatable bonds is 2. The van der Waals surface area contributed by atoms with Crippen molar-refractivity contribution in [3.8, 4) is 0 Å². The Hall–Kier alpha value is -3.48. The molecule has 0 atom stereocenters. The number of fused-ring (bicyclic) bond motifs is 2. The number of allylic oxidation sites excluding steroid dienone is 1. The summed E-state index contributed by atoms with van der Waals surface area (Å²) < 4.78 is 27.2. The molecule has 0 fully saturated rings. The molecular formula is C28H28N2O3S. The number of hydrogen-bond acceptors (Lipinski definition) is 3. The summed E-state index contributed by atoms with van der Waals surface area (Å²) in [7, 11) is -3.92. The van der Waals surface area contributed by atoms with Crippen molar-refractivity contribution in [2.75, 3.05) is 6.26 Å². The summed E-state index contributed by atoms with van der Waals surface area (Å²) in [6.07, 6.45) is 4.88. The molecule has 0 aliphatic carbocycles. The smallest absolute Gasteiger partial charge is 0.211 e. The molecule has 5 rings (SSSR count). The molecule has 0 unspecified atom stereocenters. The fourth-order valence-corrected chi connectivity index (χ4v) is 4.15. The van der Waals surface area contributed by atoms with Gasteiger partial charge in [0.25, 0.3) is 0 Å². The highest BCUT2D eigenvalue weighted by Gasteiger charge is 2.25. The van der Waals surface area contributed by atoms with E-state index in [9.17, 15) is 0 Å². The molecule has 1 aliphatic heterocycles. The normalized spacial score (nSPS) is 14.5. The summed E-state index contributed by atoms with van der Waals surface area (Å²) in [5.74, 6) is 0. The van der Waals surface area contributed by atoms with Crippen LogP contribution in [0.3, 0.4) is 0 Å². The molecule has 0 amide bonds. The highest BCUT2D eigenvalue weighted by molar-refractivity contribution is 7.84. The number of H-pyrrole nitrogens is 1. The van der Waals surface area contributed by atoms with Crippen LogP contribution in [0.25, 0.3) is 22.0 Å². The molecule has 3 aromatic carbocycles. The molecule has 4 aromatic rings. The van der Waals surface area contributed by atoms with Crippen LogP contribution in [0.15, 0.2) is 79.0 Å². The van der Waals surface area contributed by atoms with Gasteiger partial charge in [-0.05, 0) is 28.7 Å². The van der Waals surface area contributed by atoms with E-state index in [1.165, 1.54) is 38.8 Å². The molecule has 5 nitrogen and oxygen atoms in total. The van der Waals surface area contributed by atoms with Gasteiger partial charge in [0.2, 0.25) is 5.69 Å². The van der Waals surface area contributed by atoms with Gasteiger partial charge in [-0.15, -0.1) is 0 Å². The molecule has 0 bridgehead atoms. The van der Waals surface area contributed by atoms with Crippen molar-refractivity contribution in [2.24, 2.45) is 0 Å². The molecule has 6 heteroatoms. The number of para-hydroxylation sites is 2. The Bertz CT molecular complexity index is 1500. The van der Waals surface area contributed by atoms with Gasteiger partial charge in [-0.3, -0.25) is 0 Å². The summed E-state index contributed by atoms with van der Waals surface area (Å²) in [6, 6.07) is 26.1. The third-order valence-electron chi connectivity index (χ3n) is 5.76. The van der Waals surface area contributed by atoms with Crippen molar-refractivity contribution >= 4 is 44.1 Å². The van der Waals surface area contributed by atoms with E-state index in [2.05, 4.69) is 116 Å². The molecule has 1 aromatic heterocycles. The van der Waals surface area contributed by atoms with E-state index in [0.717, 1.165) is 11.2 Å². The maximum absolute atomic E-state index is 9.08. The third-order valence-corrected chi connectivity index (χ3v) is 5.76. The van der Waals surface area contributed by atoms with Crippen LogP contribution in [0.4, 0.5) is 5.69 Å². The molecule has 174 valence electrons. The van der Waals surface area contributed by atoms with Crippen molar-refractivity contribution in [2.45, 2.75) is 26.2 Å². The standard InChI is InChI=1S/C27H24N2.CH4O3S/c1-27(2,3)19-14-12-18(13-15-19)26(22-16-28-24-10-6-4-8-20(22)24)23-17-29-25-11-7-5-9-21(23)25;1-5(2,3)4/h4-17,28H,1-3H3;1H3,(H,2,3,4). The maximum Gasteiger partial charge on any atom is 0.211 e. The number of benzene rings is 3. The highest BCUT2D eigenvalue weighted by atomic mass is 32.2. The van der Waals surface area contributed by atoms with Crippen molar-refractivity contribution in [3.05, 3.63) is 101 Å². The molecular weight excluding hydrogens is 444 g/mol.